The summed E-state index contributed by atoms with van der Waals surface area (Å²) in [4.78, 5) is 0. The molecule has 1 atom stereocenters. The average Bonchev–Trinajstić information content (AvgIpc) is 2.18. The highest BCUT2D eigenvalue weighted by Gasteiger charge is 2.05. The number of rotatable bonds is 5. The zero-order valence-corrected chi connectivity index (χ0v) is 8.96. The summed E-state index contributed by atoms with van der Waals surface area (Å²) in [5.41, 5.74) is 2.19. The van der Waals surface area contributed by atoms with Gasteiger partial charge in [-0.25, -0.2) is 0 Å². The number of hydrogen-bond acceptors (Lipinski definition) is 2. The van der Waals surface area contributed by atoms with Crippen molar-refractivity contribution >= 4 is 0 Å². The minimum atomic E-state index is -0.388. The highest BCUT2D eigenvalue weighted by atomic mass is 16.3. The third-order valence-electron chi connectivity index (χ3n) is 2.19. The van der Waals surface area contributed by atoms with Crippen LogP contribution in [0.5, 0.6) is 0 Å². The highest BCUT2D eigenvalue weighted by Crippen LogP contribution is 2.12. The van der Waals surface area contributed by atoms with Gasteiger partial charge in [-0.15, -0.1) is 0 Å². The first-order chi connectivity index (χ1) is 6.74. The molecule has 2 N–H and O–H groups in total. The monoisotopic (exact) mass is 193 g/mol. The summed E-state index contributed by atoms with van der Waals surface area (Å²) < 4.78 is 0. The van der Waals surface area contributed by atoms with Crippen molar-refractivity contribution in [2.45, 2.75) is 26.4 Å². The maximum Gasteiger partial charge on any atom is 0.0914 e. The summed E-state index contributed by atoms with van der Waals surface area (Å²) in [5.74, 6) is 0. The number of hydrogen-bond donors (Lipinski definition) is 2. The summed E-state index contributed by atoms with van der Waals surface area (Å²) in [6, 6.07) is 8.01. The SMILES string of the molecule is CCCNCC(O)c1cccc(C)c1. The van der Waals surface area contributed by atoms with Crippen molar-refractivity contribution in [1.82, 2.24) is 5.32 Å². The van der Waals surface area contributed by atoms with Crippen molar-refractivity contribution in [3.8, 4) is 0 Å². The van der Waals surface area contributed by atoms with Crippen LogP contribution in [-0.4, -0.2) is 18.2 Å². The minimum Gasteiger partial charge on any atom is -0.387 e. The molecule has 0 heterocycles. The molecule has 0 aliphatic rings. The van der Waals surface area contributed by atoms with E-state index < -0.39 is 0 Å². The standard InChI is InChI=1S/C12H19NO/c1-3-7-13-9-12(14)11-6-4-5-10(2)8-11/h4-6,8,12-14H,3,7,9H2,1-2H3. The minimum absolute atomic E-state index is 0.388. The lowest BCUT2D eigenvalue weighted by Gasteiger charge is -2.12. The summed E-state index contributed by atoms with van der Waals surface area (Å²) in [7, 11) is 0. The second kappa shape index (κ2) is 5.78. The molecule has 78 valence electrons. The molecule has 0 radical (unpaired) electrons. The molecule has 0 amide bonds. The van der Waals surface area contributed by atoms with E-state index in [4.69, 9.17) is 0 Å². The van der Waals surface area contributed by atoms with Gasteiger partial charge in [0.25, 0.3) is 0 Å². The van der Waals surface area contributed by atoms with Crippen LogP contribution in [0.4, 0.5) is 0 Å². The Balaban J connectivity index is 2.47. The van der Waals surface area contributed by atoms with Crippen LogP contribution in [0.1, 0.15) is 30.6 Å². The Morgan fingerprint density at radius 2 is 2.21 bits per heavy atom. The average molecular weight is 193 g/mol. The van der Waals surface area contributed by atoms with E-state index in [1.807, 2.05) is 31.2 Å². The van der Waals surface area contributed by atoms with Gasteiger partial charge in [0.1, 0.15) is 0 Å². The highest BCUT2D eigenvalue weighted by molar-refractivity contribution is 5.24. The largest absolute Gasteiger partial charge is 0.387 e. The summed E-state index contributed by atoms with van der Waals surface area (Å²) >= 11 is 0. The molecular formula is C12H19NO. The third kappa shape index (κ3) is 3.48. The predicted molar refractivity (Wildman–Crippen MR) is 59.3 cm³/mol. The van der Waals surface area contributed by atoms with Crippen molar-refractivity contribution in [1.29, 1.82) is 0 Å². The molecule has 0 aromatic heterocycles. The molecule has 1 rings (SSSR count). The molecular weight excluding hydrogens is 174 g/mol. The number of aryl methyl sites for hydroxylation is 1. The molecule has 0 saturated carbocycles. The lowest BCUT2D eigenvalue weighted by atomic mass is 10.1. The van der Waals surface area contributed by atoms with Crippen molar-refractivity contribution in [3.05, 3.63) is 35.4 Å². The van der Waals surface area contributed by atoms with Crippen LogP contribution in [-0.2, 0) is 0 Å². The Kier molecular flexibility index (Phi) is 4.63. The van der Waals surface area contributed by atoms with Crippen LogP contribution >= 0.6 is 0 Å². The molecule has 1 aromatic carbocycles. The molecule has 14 heavy (non-hydrogen) atoms. The second-order valence-corrected chi connectivity index (χ2v) is 3.63. The van der Waals surface area contributed by atoms with Crippen LogP contribution in [0.3, 0.4) is 0 Å². The molecule has 0 spiro atoms. The lowest BCUT2D eigenvalue weighted by molar-refractivity contribution is 0.175. The molecule has 0 fully saturated rings. The number of benzene rings is 1. The van der Waals surface area contributed by atoms with Gasteiger partial charge < -0.3 is 10.4 Å². The van der Waals surface area contributed by atoms with Gasteiger partial charge in [0.2, 0.25) is 0 Å². The lowest BCUT2D eigenvalue weighted by Crippen LogP contribution is -2.22. The Morgan fingerprint density at radius 1 is 1.43 bits per heavy atom. The number of nitrogens with one attached hydrogen (secondary N) is 1. The fraction of sp³-hybridized carbons (Fsp3) is 0.500. The smallest absolute Gasteiger partial charge is 0.0914 e. The van der Waals surface area contributed by atoms with E-state index in [9.17, 15) is 5.11 Å². The Labute approximate surface area is 86.0 Å². The van der Waals surface area contributed by atoms with Crippen molar-refractivity contribution in [3.63, 3.8) is 0 Å². The van der Waals surface area contributed by atoms with Gasteiger partial charge in [0.15, 0.2) is 0 Å². The Bertz CT molecular complexity index is 273. The van der Waals surface area contributed by atoms with Gasteiger partial charge in [-0.05, 0) is 25.5 Å². The zero-order chi connectivity index (χ0) is 10.4. The molecule has 0 aliphatic heterocycles. The van der Waals surface area contributed by atoms with Crippen LogP contribution in [0, 0.1) is 6.92 Å². The summed E-state index contributed by atoms with van der Waals surface area (Å²) in [6.45, 7) is 5.75. The van der Waals surface area contributed by atoms with Gasteiger partial charge in [-0.2, -0.15) is 0 Å². The fourth-order valence-corrected chi connectivity index (χ4v) is 1.41. The molecule has 1 unspecified atom stereocenters. The summed E-state index contributed by atoms with van der Waals surface area (Å²) in [6.07, 6.45) is 0.710. The maximum absolute atomic E-state index is 9.81. The molecule has 0 bridgehead atoms. The van der Waals surface area contributed by atoms with E-state index in [0.717, 1.165) is 18.5 Å². The molecule has 0 saturated heterocycles. The zero-order valence-electron chi connectivity index (χ0n) is 8.96. The van der Waals surface area contributed by atoms with E-state index in [1.54, 1.807) is 0 Å². The van der Waals surface area contributed by atoms with Crippen LogP contribution in [0.2, 0.25) is 0 Å². The van der Waals surface area contributed by atoms with Crippen LogP contribution in [0.25, 0.3) is 0 Å². The molecule has 2 nitrogen and oxygen atoms in total. The van der Waals surface area contributed by atoms with E-state index >= 15 is 0 Å². The second-order valence-electron chi connectivity index (χ2n) is 3.63. The van der Waals surface area contributed by atoms with E-state index in [-0.39, 0.29) is 6.10 Å². The van der Waals surface area contributed by atoms with E-state index in [2.05, 4.69) is 12.2 Å². The Hall–Kier alpha value is -0.860. The van der Waals surface area contributed by atoms with E-state index in [0.29, 0.717) is 6.54 Å². The van der Waals surface area contributed by atoms with Gasteiger partial charge in [-0.3, -0.25) is 0 Å². The van der Waals surface area contributed by atoms with Gasteiger partial charge in [-0.1, -0.05) is 36.8 Å². The molecule has 0 aliphatic carbocycles. The van der Waals surface area contributed by atoms with Crippen LogP contribution in [0.15, 0.2) is 24.3 Å². The number of aliphatic hydroxyl groups is 1. The van der Waals surface area contributed by atoms with Gasteiger partial charge in [0.05, 0.1) is 6.10 Å². The molecule has 1 aromatic rings. The van der Waals surface area contributed by atoms with Gasteiger partial charge >= 0.3 is 0 Å². The normalized spacial score (nSPS) is 12.8. The summed E-state index contributed by atoms with van der Waals surface area (Å²) in [5, 5.41) is 13.0. The van der Waals surface area contributed by atoms with Crippen LogP contribution < -0.4 is 5.32 Å². The quantitative estimate of drug-likeness (QED) is 0.701. The van der Waals surface area contributed by atoms with Crippen molar-refractivity contribution < 1.29 is 5.11 Å². The van der Waals surface area contributed by atoms with Crippen molar-refractivity contribution in [2.24, 2.45) is 0 Å². The van der Waals surface area contributed by atoms with Crippen molar-refractivity contribution in [2.75, 3.05) is 13.1 Å². The predicted octanol–water partition coefficient (Wildman–Crippen LogP) is 2.03. The van der Waals surface area contributed by atoms with E-state index in [1.165, 1.54) is 5.56 Å². The topological polar surface area (TPSA) is 32.3 Å². The number of aliphatic hydroxyl groups excluding tert-OH is 1. The third-order valence-corrected chi connectivity index (χ3v) is 2.19. The first-order valence-corrected chi connectivity index (χ1v) is 5.19. The first kappa shape index (κ1) is 11.2. The fourth-order valence-electron chi connectivity index (χ4n) is 1.41. The Morgan fingerprint density at radius 3 is 2.86 bits per heavy atom. The maximum atomic E-state index is 9.81. The van der Waals surface area contributed by atoms with Gasteiger partial charge in [0, 0.05) is 6.54 Å². The molecule has 2 heteroatoms. The first-order valence-electron chi connectivity index (χ1n) is 5.19.